The first-order chi connectivity index (χ1) is 10.2. The molecule has 0 aromatic heterocycles. The molecule has 1 aromatic rings. The molecule has 1 atom stereocenters. The van der Waals surface area contributed by atoms with Gasteiger partial charge in [-0.1, -0.05) is 23.2 Å². The minimum atomic E-state index is -2.99. The molecule has 1 N–H and O–H groups in total. The third-order valence-electron chi connectivity index (χ3n) is 3.39. The monoisotopic (exact) mass is 364 g/mol. The van der Waals surface area contributed by atoms with Crippen LogP contribution in [0.15, 0.2) is 18.2 Å². The number of carbonyl (C=O) groups excluding carboxylic acids is 1. The van der Waals surface area contributed by atoms with Crippen molar-refractivity contribution in [3.63, 3.8) is 0 Å². The predicted molar refractivity (Wildman–Crippen MR) is 88.0 cm³/mol. The molecule has 0 bridgehead atoms. The molecular weight excluding hydrogens is 347 g/mol. The van der Waals surface area contributed by atoms with E-state index in [9.17, 15) is 13.2 Å². The summed E-state index contributed by atoms with van der Waals surface area (Å²) in [5.41, 5.74) is 0.913. The summed E-state index contributed by atoms with van der Waals surface area (Å²) in [6.45, 7) is 0.706. The highest BCUT2D eigenvalue weighted by atomic mass is 35.5. The van der Waals surface area contributed by atoms with Crippen molar-refractivity contribution in [1.29, 1.82) is 0 Å². The summed E-state index contributed by atoms with van der Waals surface area (Å²) < 4.78 is 22.7. The standard InChI is InChI=1S/C14H18Cl2N2O3S/c1-18(7-10-4-11(15)6-12(16)5-10)8-14(19)17-13-2-3-22(20,21)9-13/h4-6,13H,2-3,7-9H2,1H3,(H,17,19)/t13-/m0/s1. The molecule has 122 valence electrons. The van der Waals surface area contributed by atoms with Crippen LogP contribution in [-0.2, 0) is 21.2 Å². The summed E-state index contributed by atoms with van der Waals surface area (Å²) in [4.78, 5) is 13.8. The van der Waals surface area contributed by atoms with Crippen molar-refractivity contribution in [3.8, 4) is 0 Å². The second kappa shape index (κ2) is 7.17. The van der Waals surface area contributed by atoms with E-state index in [1.165, 1.54) is 0 Å². The van der Waals surface area contributed by atoms with Gasteiger partial charge in [0.1, 0.15) is 0 Å². The maximum Gasteiger partial charge on any atom is 0.234 e. The first kappa shape index (κ1) is 17.5. The van der Waals surface area contributed by atoms with Crippen LogP contribution in [-0.4, -0.2) is 50.4 Å². The van der Waals surface area contributed by atoms with Crippen LogP contribution < -0.4 is 5.32 Å². The van der Waals surface area contributed by atoms with Crippen LogP contribution in [0.1, 0.15) is 12.0 Å². The number of rotatable bonds is 5. The second-order valence-electron chi connectivity index (χ2n) is 5.62. The van der Waals surface area contributed by atoms with Crippen LogP contribution in [0.5, 0.6) is 0 Å². The Morgan fingerprint density at radius 2 is 1.95 bits per heavy atom. The van der Waals surface area contributed by atoms with E-state index in [2.05, 4.69) is 5.32 Å². The minimum Gasteiger partial charge on any atom is -0.351 e. The molecule has 5 nitrogen and oxygen atoms in total. The fourth-order valence-electron chi connectivity index (χ4n) is 2.50. The Morgan fingerprint density at radius 1 is 1.32 bits per heavy atom. The van der Waals surface area contributed by atoms with Gasteiger partial charge in [0, 0.05) is 22.6 Å². The van der Waals surface area contributed by atoms with Gasteiger partial charge in [-0.25, -0.2) is 8.42 Å². The van der Waals surface area contributed by atoms with Crippen molar-refractivity contribution in [2.45, 2.75) is 19.0 Å². The van der Waals surface area contributed by atoms with Crippen molar-refractivity contribution in [1.82, 2.24) is 10.2 Å². The summed E-state index contributed by atoms with van der Waals surface area (Å²) >= 11 is 11.9. The van der Waals surface area contributed by atoms with Crippen LogP contribution >= 0.6 is 23.2 Å². The van der Waals surface area contributed by atoms with Gasteiger partial charge in [0.05, 0.1) is 18.1 Å². The predicted octanol–water partition coefficient (Wildman–Crippen LogP) is 1.73. The normalized spacial score (nSPS) is 20.3. The summed E-state index contributed by atoms with van der Waals surface area (Å²) in [5.74, 6) is -0.000961. The highest BCUT2D eigenvalue weighted by molar-refractivity contribution is 7.91. The highest BCUT2D eigenvalue weighted by Crippen LogP contribution is 2.19. The van der Waals surface area contributed by atoms with E-state index in [-0.39, 0.29) is 30.0 Å². The largest absolute Gasteiger partial charge is 0.351 e. The van der Waals surface area contributed by atoms with Crippen LogP contribution in [0.25, 0.3) is 0 Å². The van der Waals surface area contributed by atoms with E-state index in [0.29, 0.717) is 23.0 Å². The molecular formula is C14H18Cl2N2O3S. The van der Waals surface area contributed by atoms with Gasteiger partial charge in [0.2, 0.25) is 5.91 Å². The van der Waals surface area contributed by atoms with Crippen LogP contribution in [0.3, 0.4) is 0 Å². The Hall–Kier alpha value is -0.820. The van der Waals surface area contributed by atoms with E-state index in [4.69, 9.17) is 23.2 Å². The maximum absolute atomic E-state index is 11.9. The van der Waals surface area contributed by atoms with Gasteiger partial charge in [0.25, 0.3) is 0 Å². The Labute approximate surface area is 140 Å². The third-order valence-corrected chi connectivity index (χ3v) is 5.59. The number of likely N-dealkylation sites (N-methyl/N-ethyl adjacent to an activating group) is 1. The number of hydrogen-bond donors (Lipinski definition) is 1. The zero-order valence-electron chi connectivity index (χ0n) is 12.2. The zero-order valence-corrected chi connectivity index (χ0v) is 14.5. The molecule has 2 rings (SSSR count). The quantitative estimate of drug-likeness (QED) is 0.863. The van der Waals surface area contributed by atoms with Crippen molar-refractivity contribution in [2.24, 2.45) is 0 Å². The fourth-order valence-corrected chi connectivity index (χ4v) is 4.74. The van der Waals surface area contributed by atoms with E-state index >= 15 is 0 Å². The number of hydrogen-bond acceptors (Lipinski definition) is 4. The minimum absolute atomic E-state index is 0.0341. The van der Waals surface area contributed by atoms with Gasteiger partial charge in [-0.15, -0.1) is 0 Å². The molecule has 0 aliphatic carbocycles. The van der Waals surface area contributed by atoms with Gasteiger partial charge < -0.3 is 5.32 Å². The molecule has 1 fully saturated rings. The molecule has 1 saturated heterocycles. The van der Waals surface area contributed by atoms with Gasteiger partial charge >= 0.3 is 0 Å². The number of nitrogens with one attached hydrogen (secondary N) is 1. The van der Waals surface area contributed by atoms with E-state index in [0.717, 1.165) is 5.56 Å². The molecule has 0 saturated carbocycles. The number of amides is 1. The zero-order chi connectivity index (χ0) is 16.3. The number of halogens is 2. The van der Waals surface area contributed by atoms with Crippen LogP contribution in [0.4, 0.5) is 0 Å². The van der Waals surface area contributed by atoms with Gasteiger partial charge in [0.15, 0.2) is 9.84 Å². The van der Waals surface area contributed by atoms with E-state index < -0.39 is 9.84 Å². The Morgan fingerprint density at radius 3 is 2.50 bits per heavy atom. The molecule has 22 heavy (non-hydrogen) atoms. The molecule has 8 heteroatoms. The highest BCUT2D eigenvalue weighted by Gasteiger charge is 2.28. The van der Waals surface area contributed by atoms with Crippen LogP contribution in [0, 0.1) is 0 Å². The molecule has 0 unspecified atom stereocenters. The molecule has 1 aliphatic heterocycles. The van der Waals surface area contributed by atoms with Crippen molar-refractivity contribution >= 4 is 38.9 Å². The van der Waals surface area contributed by atoms with Gasteiger partial charge in [-0.2, -0.15) is 0 Å². The topological polar surface area (TPSA) is 66.5 Å². The Balaban J connectivity index is 1.83. The summed E-state index contributed by atoms with van der Waals surface area (Å²) in [6, 6.07) is 4.97. The first-order valence-corrected chi connectivity index (χ1v) is 9.44. The average Bonchev–Trinajstić information content (AvgIpc) is 2.66. The average molecular weight is 365 g/mol. The van der Waals surface area contributed by atoms with Crippen molar-refractivity contribution < 1.29 is 13.2 Å². The van der Waals surface area contributed by atoms with E-state index in [1.54, 1.807) is 25.2 Å². The number of nitrogens with zero attached hydrogens (tertiary/aromatic N) is 1. The van der Waals surface area contributed by atoms with Crippen LogP contribution in [0.2, 0.25) is 10.0 Å². The lowest BCUT2D eigenvalue weighted by Gasteiger charge is -2.18. The molecule has 1 aromatic carbocycles. The lowest BCUT2D eigenvalue weighted by molar-refractivity contribution is -0.122. The SMILES string of the molecule is CN(CC(=O)N[C@H]1CCS(=O)(=O)C1)Cc1cc(Cl)cc(Cl)c1. The van der Waals surface area contributed by atoms with Crippen molar-refractivity contribution in [2.75, 3.05) is 25.1 Å². The summed E-state index contributed by atoms with van der Waals surface area (Å²) in [7, 11) is -1.18. The van der Waals surface area contributed by atoms with Gasteiger partial charge in [-0.05, 0) is 37.2 Å². The fraction of sp³-hybridized carbons (Fsp3) is 0.500. The first-order valence-electron chi connectivity index (χ1n) is 6.87. The maximum atomic E-state index is 11.9. The smallest absolute Gasteiger partial charge is 0.234 e. The Bertz CT molecular complexity index is 644. The number of carbonyl (C=O) groups is 1. The third kappa shape index (κ3) is 5.43. The van der Waals surface area contributed by atoms with E-state index in [1.807, 2.05) is 4.90 Å². The second-order valence-corrected chi connectivity index (χ2v) is 8.72. The lowest BCUT2D eigenvalue weighted by atomic mass is 10.2. The molecule has 0 spiro atoms. The number of benzene rings is 1. The molecule has 0 radical (unpaired) electrons. The summed E-state index contributed by atoms with van der Waals surface area (Å²) in [6.07, 6.45) is 0.488. The molecule has 1 amide bonds. The van der Waals surface area contributed by atoms with Gasteiger partial charge in [-0.3, -0.25) is 9.69 Å². The lowest BCUT2D eigenvalue weighted by Crippen LogP contribution is -2.41. The number of sulfone groups is 1. The van der Waals surface area contributed by atoms with Crippen molar-refractivity contribution in [3.05, 3.63) is 33.8 Å². The summed E-state index contributed by atoms with van der Waals surface area (Å²) in [5, 5.41) is 3.87. The Kier molecular flexibility index (Phi) is 5.71. The molecule has 1 heterocycles. The molecule has 1 aliphatic rings.